The van der Waals surface area contributed by atoms with Gasteiger partial charge in [-0.25, -0.2) is 0 Å². The van der Waals surface area contributed by atoms with Gasteiger partial charge in [0.05, 0.1) is 0 Å². The second kappa shape index (κ2) is 6.02. The van der Waals surface area contributed by atoms with Gasteiger partial charge < -0.3 is 5.73 Å². The lowest BCUT2D eigenvalue weighted by Crippen LogP contribution is -2.62. The van der Waals surface area contributed by atoms with Gasteiger partial charge in [0, 0.05) is 11.6 Å². The van der Waals surface area contributed by atoms with Crippen LogP contribution >= 0.6 is 0 Å². The van der Waals surface area contributed by atoms with Crippen LogP contribution in [0.4, 0.5) is 0 Å². The Labute approximate surface area is 102 Å². The Bertz CT molecular complexity index is 191. The van der Waals surface area contributed by atoms with E-state index in [2.05, 4.69) is 32.6 Å². The minimum Gasteiger partial charge on any atom is -0.326 e. The summed E-state index contributed by atoms with van der Waals surface area (Å²) in [7, 11) is 0. The van der Waals surface area contributed by atoms with Crippen LogP contribution in [0.3, 0.4) is 0 Å². The molecule has 1 rings (SSSR count). The maximum atomic E-state index is 6.59. The molecule has 0 amide bonds. The molecule has 96 valence electrons. The molecule has 16 heavy (non-hydrogen) atoms. The minimum absolute atomic E-state index is 0.245. The molecular weight excluding hydrogens is 196 g/mol. The molecular formula is C14H30N2. The molecule has 0 saturated heterocycles. The highest BCUT2D eigenvalue weighted by atomic mass is 15.2. The highest BCUT2D eigenvalue weighted by Gasteiger charge is 2.42. The second-order valence-electron chi connectivity index (χ2n) is 5.20. The quantitative estimate of drug-likeness (QED) is 0.723. The number of hydrogen-bond donors (Lipinski definition) is 1. The monoisotopic (exact) mass is 226 g/mol. The maximum Gasteiger partial charge on any atom is 0.0357 e. The Kier molecular flexibility index (Phi) is 5.26. The third kappa shape index (κ3) is 2.28. The first-order chi connectivity index (χ1) is 7.66. The van der Waals surface area contributed by atoms with Crippen LogP contribution in [0.15, 0.2) is 0 Å². The highest BCUT2D eigenvalue weighted by Crippen LogP contribution is 2.38. The predicted octanol–water partition coefficient (Wildman–Crippen LogP) is 3.01. The van der Waals surface area contributed by atoms with E-state index in [0.717, 1.165) is 19.0 Å². The van der Waals surface area contributed by atoms with Crippen molar-refractivity contribution in [1.82, 2.24) is 4.90 Å². The van der Waals surface area contributed by atoms with Crippen LogP contribution in [0.1, 0.15) is 59.8 Å². The lowest BCUT2D eigenvalue weighted by atomic mass is 9.69. The summed E-state index contributed by atoms with van der Waals surface area (Å²) >= 11 is 0. The van der Waals surface area contributed by atoms with Crippen molar-refractivity contribution in [2.75, 3.05) is 13.1 Å². The molecule has 0 aromatic carbocycles. The van der Waals surface area contributed by atoms with E-state index >= 15 is 0 Å². The number of likely N-dealkylation sites (N-methyl/N-ethyl adjacent to an activating group) is 1. The standard InChI is InChI=1S/C14H30N2/c1-5-14(6-2,16(7-3)8-4)13(15)12-10-9-11-12/h12-13H,5-11,15H2,1-4H3. The average Bonchev–Trinajstić information content (AvgIpc) is 2.23. The van der Waals surface area contributed by atoms with Crippen LogP contribution < -0.4 is 5.73 Å². The van der Waals surface area contributed by atoms with Gasteiger partial charge in [-0.3, -0.25) is 4.90 Å². The molecule has 1 unspecified atom stereocenters. The Morgan fingerprint density at radius 1 is 1.12 bits per heavy atom. The van der Waals surface area contributed by atoms with Gasteiger partial charge in [0.2, 0.25) is 0 Å². The fraction of sp³-hybridized carbons (Fsp3) is 1.00. The lowest BCUT2D eigenvalue weighted by molar-refractivity contribution is 0.0254. The molecule has 1 atom stereocenters. The van der Waals surface area contributed by atoms with Gasteiger partial charge in [-0.05, 0) is 44.7 Å². The fourth-order valence-corrected chi connectivity index (χ4v) is 3.47. The first-order valence-electron chi connectivity index (χ1n) is 7.16. The van der Waals surface area contributed by atoms with Crippen molar-refractivity contribution >= 4 is 0 Å². The van der Waals surface area contributed by atoms with Crippen LogP contribution in [0.2, 0.25) is 0 Å². The van der Waals surface area contributed by atoms with Gasteiger partial charge in [0.1, 0.15) is 0 Å². The number of nitrogens with zero attached hydrogens (tertiary/aromatic N) is 1. The Hall–Kier alpha value is -0.0800. The van der Waals surface area contributed by atoms with Crippen molar-refractivity contribution in [3.63, 3.8) is 0 Å². The molecule has 2 nitrogen and oxygen atoms in total. The maximum absolute atomic E-state index is 6.59. The zero-order chi connectivity index (χ0) is 12.2. The fourth-order valence-electron chi connectivity index (χ4n) is 3.47. The number of hydrogen-bond acceptors (Lipinski definition) is 2. The molecule has 1 saturated carbocycles. The van der Waals surface area contributed by atoms with Crippen molar-refractivity contribution in [2.45, 2.75) is 71.4 Å². The Morgan fingerprint density at radius 2 is 1.62 bits per heavy atom. The van der Waals surface area contributed by atoms with Crippen molar-refractivity contribution in [3.8, 4) is 0 Å². The molecule has 0 aromatic rings. The van der Waals surface area contributed by atoms with Crippen molar-refractivity contribution in [1.29, 1.82) is 0 Å². The summed E-state index contributed by atoms with van der Waals surface area (Å²) in [6, 6.07) is 0.371. The van der Waals surface area contributed by atoms with E-state index in [0.29, 0.717) is 6.04 Å². The van der Waals surface area contributed by atoms with E-state index in [1.807, 2.05) is 0 Å². The van der Waals surface area contributed by atoms with Crippen LogP contribution in [0, 0.1) is 5.92 Å². The van der Waals surface area contributed by atoms with E-state index in [4.69, 9.17) is 5.73 Å². The summed E-state index contributed by atoms with van der Waals surface area (Å²) in [4.78, 5) is 2.59. The zero-order valence-corrected chi connectivity index (χ0v) is 11.6. The molecule has 1 aliphatic carbocycles. The Morgan fingerprint density at radius 3 is 1.88 bits per heavy atom. The molecule has 0 radical (unpaired) electrons. The van der Waals surface area contributed by atoms with Gasteiger partial charge in [-0.2, -0.15) is 0 Å². The second-order valence-corrected chi connectivity index (χ2v) is 5.20. The zero-order valence-electron chi connectivity index (χ0n) is 11.6. The molecule has 0 aliphatic heterocycles. The van der Waals surface area contributed by atoms with Crippen molar-refractivity contribution in [3.05, 3.63) is 0 Å². The van der Waals surface area contributed by atoms with Gasteiger partial charge in [-0.15, -0.1) is 0 Å². The summed E-state index contributed by atoms with van der Waals surface area (Å²) in [5.41, 5.74) is 6.83. The smallest absolute Gasteiger partial charge is 0.0357 e. The first-order valence-corrected chi connectivity index (χ1v) is 7.16. The summed E-state index contributed by atoms with van der Waals surface area (Å²) in [6.07, 6.45) is 6.46. The molecule has 0 bridgehead atoms. The number of rotatable bonds is 7. The molecule has 1 fully saturated rings. The number of nitrogens with two attached hydrogens (primary N) is 1. The van der Waals surface area contributed by atoms with E-state index in [1.165, 1.54) is 32.1 Å². The van der Waals surface area contributed by atoms with E-state index < -0.39 is 0 Å². The summed E-state index contributed by atoms with van der Waals surface area (Å²) < 4.78 is 0. The SMILES string of the molecule is CCN(CC)C(CC)(CC)C(N)C1CCC1. The van der Waals surface area contributed by atoms with Crippen LogP contribution in [-0.2, 0) is 0 Å². The minimum atomic E-state index is 0.245. The first kappa shape index (κ1) is 14.0. The molecule has 1 aliphatic rings. The third-order valence-corrected chi connectivity index (χ3v) is 4.90. The van der Waals surface area contributed by atoms with Crippen molar-refractivity contribution < 1.29 is 0 Å². The van der Waals surface area contributed by atoms with Crippen LogP contribution in [-0.4, -0.2) is 29.6 Å². The van der Waals surface area contributed by atoms with E-state index in [9.17, 15) is 0 Å². The summed E-state index contributed by atoms with van der Waals surface area (Å²) in [6.45, 7) is 11.4. The van der Waals surface area contributed by atoms with Crippen molar-refractivity contribution in [2.24, 2.45) is 11.7 Å². The normalized spacial score (nSPS) is 19.9. The van der Waals surface area contributed by atoms with Gasteiger partial charge in [0.25, 0.3) is 0 Å². The third-order valence-electron chi connectivity index (χ3n) is 4.90. The molecule has 0 aromatic heterocycles. The van der Waals surface area contributed by atoms with E-state index in [-0.39, 0.29) is 5.54 Å². The van der Waals surface area contributed by atoms with Gasteiger partial charge in [0.15, 0.2) is 0 Å². The molecule has 2 heteroatoms. The van der Waals surface area contributed by atoms with Crippen LogP contribution in [0.25, 0.3) is 0 Å². The topological polar surface area (TPSA) is 29.3 Å². The van der Waals surface area contributed by atoms with Crippen LogP contribution in [0.5, 0.6) is 0 Å². The summed E-state index contributed by atoms with van der Waals surface area (Å²) in [5.74, 6) is 0.778. The van der Waals surface area contributed by atoms with E-state index in [1.54, 1.807) is 0 Å². The van der Waals surface area contributed by atoms with Gasteiger partial charge in [-0.1, -0.05) is 34.1 Å². The van der Waals surface area contributed by atoms with Gasteiger partial charge >= 0.3 is 0 Å². The molecule has 0 spiro atoms. The summed E-state index contributed by atoms with van der Waals surface area (Å²) in [5, 5.41) is 0. The predicted molar refractivity (Wildman–Crippen MR) is 71.6 cm³/mol. The molecule has 0 heterocycles. The Balaban J connectivity index is 2.83. The highest BCUT2D eigenvalue weighted by molar-refractivity contribution is 5.01. The average molecular weight is 226 g/mol. The molecule has 2 N–H and O–H groups in total. The largest absolute Gasteiger partial charge is 0.326 e. The lowest BCUT2D eigenvalue weighted by Gasteiger charge is -2.51.